The van der Waals surface area contributed by atoms with Gasteiger partial charge in [0.1, 0.15) is 0 Å². The summed E-state index contributed by atoms with van der Waals surface area (Å²) in [4.78, 5) is 8.88. The van der Waals surface area contributed by atoms with Crippen LogP contribution in [0.1, 0.15) is 16.7 Å². The summed E-state index contributed by atoms with van der Waals surface area (Å²) in [5.74, 6) is 0.864. The van der Waals surface area contributed by atoms with E-state index in [-0.39, 0.29) is 24.8 Å². The van der Waals surface area contributed by atoms with Crippen molar-refractivity contribution in [2.75, 3.05) is 18.4 Å². The van der Waals surface area contributed by atoms with Gasteiger partial charge in [0.05, 0.1) is 12.1 Å². The van der Waals surface area contributed by atoms with Crippen LogP contribution in [0.3, 0.4) is 0 Å². The Bertz CT molecular complexity index is 683. The monoisotopic (exact) mass is 326 g/mol. The highest BCUT2D eigenvalue weighted by Gasteiger charge is 2.12. The number of guanidine groups is 1. The van der Waals surface area contributed by atoms with Crippen molar-refractivity contribution >= 4 is 47.4 Å². The summed E-state index contributed by atoms with van der Waals surface area (Å²) in [6.07, 6.45) is 1.87. The van der Waals surface area contributed by atoms with E-state index < -0.39 is 0 Å². The zero-order valence-electron chi connectivity index (χ0n) is 12.4. The normalized spacial score (nSPS) is 13.0. The van der Waals surface area contributed by atoms with Crippen LogP contribution >= 0.6 is 24.8 Å². The molecule has 0 unspecified atom stereocenters. The largest absolute Gasteiger partial charge is 0.354 e. The number of aliphatic imine (C=N–C) groups is 1. The van der Waals surface area contributed by atoms with Crippen molar-refractivity contribution in [2.45, 2.75) is 20.8 Å². The molecular weight excluding hydrogens is 307 g/mol. The molecule has 0 fully saturated rings. The Morgan fingerprint density at radius 1 is 1.14 bits per heavy atom. The number of halogens is 2. The highest BCUT2D eigenvalue weighted by Crippen LogP contribution is 2.29. The average molecular weight is 327 g/mol. The van der Waals surface area contributed by atoms with Crippen LogP contribution in [0.15, 0.2) is 23.3 Å². The van der Waals surface area contributed by atoms with Crippen molar-refractivity contribution in [1.82, 2.24) is 10.3 Å². The molecule has 0 spiro atoms. The van der Waals surface area contributed by atoms with Crippen LogP contribution < -0.4 is 10.6 Å². The van der Waals surface area contributed by atoms with Gasteiger partial charge >= 0.3 is 0 Å². The van der Waals surface area contributed by atoms with E-state index in [9.17, 15) is 0 Å². The minimum atomic E-state index is 0. The summed E-state index contributed by atoms with van der Waals surface area (Å²) in [5, 5.41) is 7.86. The van der Waals surface area contributed by atoms with Gasteiger partial charge in [0.25, 0.3) is 0 Å². The van der Waals surface area contributed by atoms with E-state index >= 15 is 0 Å². The molecule has 2 aromatic rings. The smallest absolute Gasteiger partial charge is 0.195 e. The number of nitrogens with zero attached hydrogens (tertiary/aromatic N) is 2. The molecule has 114 valence electrons. The van der Waals surface area contributed by atoms with E-state index in [2.05, 4.69) is 53.5 Å². The van der Waals surface area contributed by atoms with Gasteiger partial charge in [-0.15, -0.1) is 24.8 Å². The van der Waals surface area contributed by atoms with Gasteiger partial charge in [-0.25, -0.2) is 0 Å². The predicted molar refractivity (Wildman–Crippen MR) is 94.4 cm³/mol. The first kappa shape index (κ1) is 17.5. The van der Waals surface area contributed by atoms with Gasteiger partial charge in [0, 0.05) is 23.8 Å². The van der Waals surface area contributed by atoms with Crippen molar-refractivity contribution in [3.05, 3.63) is 35.0 Å². The number of pyridine rings is 1. The number of nitrogens with one attached hydrogen (secondary N) is 2. The first-order valence-corrected chi connectivity index (χ1v) is 6.57. The Kier molecular flexibility index (Phi) is 5.81. The van der Waals surface area contributed by atoms with Crippen LogP contribution in [0.5, 0.6) is 0 Å². The maximum Gasteiger partial charge on any atom is 0.195 e. The minimum absolute atomic E-state index is 0. The molecule has 0 atom stereocenters. The fourth-order valence-electron chi connectivity index (χ4n) is 2.60. The molecule has 0 saturated heterocycles. The minimum Gasteiger partial charge on any atom is -0.354 e. The van der Waals surface area contributed by atoms with Gasteiger partial charge in [-0.1, -0.05) is 0 Å². The van der Waals surface area contributed by atoms with Gasteiger partial charge < -0.3 is 10.6 Å². The first-order chi connectivity index (χ1) is 9.16. The zero-order chi connectivity index (χ0) is 13.4. The molecule has 0 bridgehead atoms. The number of fused-ring (bicyclic) bond motifs is 1. The van der Waals surface area contributed by atoms with Crippen LogP contribution in [-0.2, 0) is 0 Å². The number of aromatic nitrogens is 1. The van der Waals surface area contributed by atoms with Gasteiger partial charge in [-0.2, -0.15) is 0 Å². The van der Waals surface area contributed by atoms with Crippen molar-refractivity contribution in [3.8, 4) is 0 Å². The molecule has 21 heavy (non-hydrogen) atoms. The Morgan fingerprint density at radius 2 is 1.90 bits per heavy atom. The third kappa shape index (κ3) is 3.22. The van der Waals surface area contributed by atoms with Crippen molar-refractivity contribution in [3.63, 3.8) is 0 Å². The third-order valence-electron chi connectivity index (χ3n) is 3.60. The number of hydrogen-bond acceptors (Lipinski definition) is 4. The fourth-order valence-corrected chi connectivity index (χ4v) is 2.60. The lowest BCUT2D eigenvalue weighted by atomic mass is 10.00. The third-order valence-corrected chi connectivity index (χ3v) is 3.60. The molecular formula is C15H20Cl2N4. The molecule has 0 amide bonds. The second-order valence-corrected chi connectivity index (χ2v) is 5.00. The van der Waals surface area contributed by atoms with E-state index in [1.807, 2.05) is 6.20 Å². The molecule has 2 heterocycles. The summed E-state index contributed by atoms with van der Waals surface area (Å²) in [6.45, 7) is 8.12. The van der Waals surface area contributed by atoms with Crippen LogP contribution in [0.25, 0.3) is 10.9 Å². The average Bonchev–Trinajstić information content (AvgIpc) is 2.88. The Labute approximate surface area is 137 Å². The van der Waals surface area contributed by atoms with Crippen molar-refractivity contribution in [1.29, 1.82) is 0 Å². The lowest BCUT2D eigenvalue weighted by molar-refractivity contribution is 0.959. The molecule has 2 N–H and O–H groups in total. The van der Waals surface area contributed by atoms with Gasteiger partial charge in [0.2, 0.25) is 0 Å². The number of benzene rings is 1. The van der Waals surface area contributed by atoms with Crippen molar-refractivity contribution < 1.29 is 0 Å². The second kappa shape index (κ2) is 6.96. The molecule has 0 radical (unpaired) electrons. The quantitative estimate of drug-likeness (QED) is 0.844. The van der Waals surface area contributed by atoms with E-state index in [1.165, 1.54) is 22.1 Å². The van der Waals surface area contributed by atoms with Gasteiger partial charge in [-0.05, 0) is 49.6 Å². The predicted octanol–water partition coefficient (Wildman–Crippen LogP) is 3.37. The lowest BCUT2D eigenvalue weighted by Gasteiger charge is -2.15. The van der Waals surface area contributed by atoms with Crippen LogP contribution in [0, 0.1) is 20.8 Å². The maximum atomic E-state index is 4.50. The second-order valence-electron chi connectivity index (χ2n) is 5.00. The van der Waals surface area contributed by atoms with Crippen molar-refractivity contribution in [2.24, 2.45) is 4.99 Å². The van der Waals surface area contributed by atoms with Crippen LogP contribution in [0.2, 0.25) is 0 Å². The molecule has 0 aliphatic carbocycles. The topological polar surface area (TPSA) is 49.3 Å². The Balaban J connectivity index is 0.00000110. The number of aryl methyl sites for hydroxylation is 3. The molecule has 1 aliphatic rings. The molecule has 1 aromatic carbocycles. The lowest BCUT2D eigenvalue weighted by Crippen LogP contribution is -2.26. The summed E-state index contributed by atoms with van der Waals surface area (Å²) >= 11 is 0. The highest BCUT2D eigenvalue weighted by atomic mass is 35.5. The van der Waals surface area contributed by atoms with E-state index in [0.717, 1.165) is 30.3 Å². The van der Waals surface area contributed by atoms with Crippen LogP contribution in [0.4, 0.5) is 5.69 Å². The Hall–Kier alpha value is -1.52. The zero-order valence-corrected chi connectivity index (χ0v) is 14.0. The number of hydrogen-bond donors (Lipinski definition) is 2. The van der Waals surface area contributed by atoms with E-state index in [1.54, 1.807) is 0 Å². The molecule has 6 heteroatoms. The van der Waals surface area contributed by atoms with Crippen LogP contribution in [-0.4, -0.2) is 24.0 Å². The van der Waals surface area contributed by atoms with Gasteiger partial charge in [0.15, 0.2) is 5.96 Å². The fraction of sp³-hybridized carbons (Fsp3) is 0.333. The van der Waals surface area contributed by atoms with E-state index in [4.69, 9.17) is 0 Å². The number of rotatable bonds is 1. The molecule has 4 nitrogen and oxygen atoms in total. The Morgan fingerprint density at radius 3 is 2.57 bits per heavy atom. The summed E-state index contributed by atoms with van der Waals surface area (Å²) < 4.78 is 0. The summed E-state index contributed by atoms with van der Waals surface area (Å²) in [6, 6.07) is 4.20. The molecule has 1 aliphatic heterocycles. The first-order valence-electron chi connectivity index (χ1n) is 6.57. The van der Waals surface area contributed by atoms with Gasteiger partial charge in [-0.3, -0.25) is 9.98 Å². The molecule has 3 rings (SSSR count). The maximum absolute atomic E-state index is 4.50. The standard InChI is InChI=1S/C15H18N4.2ClH/c1-9-4-5-16-14-10(2)8-12(11(3)13(9)14)19-15-17-6-7-18-15;;/h4-5,8H,6-7H2,1-3H3,(H2,17,18,19);2*1H. The summed E-state index contributed by atoms with van der Waals surface area (Å²) in [5.41, 5.74) is 5.86. The van der Waals surface area contributed by atoms with E-state index in [0.29, 0.717) is 0 Å². The summed E-state index contributed by atoms with van der Waals surface area (Å²) in [7, 11) is 0. The number of anilines is 1. The SMILES string of the molecule is Cc1cc(NC2=NCCN2)c(C)c2c(C)ccnc12.Cl.Cl. The molecule has 0 saturated carbocycles. The molecule has 1 aromatic heterocycles. The highest BCUT2D eigenvalue weighted by molar-refractivity contribution is 6.00.